The SMILES string of the molecule is CC1=CC2C(=O)C3CCCC(OC4OC5(CO)C=CC(CC6CC[NH2+]C(N)C6)C(O)(C4O)C5O)C3C(=O)C2C(O)=C1. The van der Waals surface area contributed by atoms with Crippen LogP contribution in [0.1, 0.15) is 45.4 Å². The number of Topliss-reactive ketones (excluding diaryl/α,β-unsaturated/α-hetero) is 2. The molecule has 6 rings (SSSR count). The first kappa shape index (κ1) is 29.1. The summed E-state index contributed by atoms with van der Waals surface area (Å²) in [6, 6.07) is 0. The fraction of sp³-hybridized carbons (Fsp3) is 0.733. The summed E-state index contributed by atoms with van der Waals surface area (Å²) in [5.74, 6) is -4.16. The second kappa shape index (κ2) is 10.6. The Morgan fingerprint density at radius 1 is 1.20 bits per heavy atom. The molecule has 0 aromatic heterocycles. The number of carbonyl (C=O) groups is 2. The van der Waals surface area contributed by atoms with Gasteiger partial charge in [0.05, 0.1) is 37.0 Å². The number of quaternary nitrogens is 1. The summed E-state index contributed by atoms with van der Waals surface area (Å²) < 4.78 is 12.3. The Balaban J connectivity index is 1.27. The number of fused-ring (bicyclic) bond motifs is 4. The third-order valence-electron chi connectivity index (χ3n) is 10.6. The number of hydrogen-bond acceptors (Lipinski definition) is 10. The Morgan fingerprint density at radius 2 is 1.98 bits per heavy atom. The van der Waals surface area contributed by atoms with Crippen LogP contribution in [0.5, 0.6) is 0 Å². The van der Waals surface area contributed by atoms with E-state index in [2.05, 4.69) is 5.32 Å². The summed E-state index contributed by atoms with van der Waals surface area (Å²) in [4.78, 5) is 27.3. The molecule has 2 bridgehead atoms. The Kier molecular flexibility index (Phi) is 7.56. The van der Waals surface area contributed by atoms with Crippen molar-refractivity contribution in [2.45, 2.75) is 87.4 Å². The van der Waals surface area contributed by atoms with Crippen molar-refractivity contribution in [3.8, 4) is 0 Å². The topological polar surface area (TPSA) is 196 Å². The standard InChI is InChI=1S/C30H42N2O9/c1-14-9-18-22(19(34)10-14)25(36)23-17(24(18)35)3-2-4-20(23)40-27-26(37)30(39)16(11-15-6-8-32-21(31)12-15)5-7-29(13-33,41-27)28(30)38/h5,7,9-10,15-18,20-23,26-28,32-34,37-39H,2-4,6,8,11-13,31H2,1H3/p+1. The Morgan fingerprint density at radius 3 is 2.71 bits per heavy atom. The minimum Gasteiger partial charge on any atom is -0.512 e. The highest BCUT2D eigenvalue weighted by Crippen LogP contribution is 2.51. The van der Waals surface area contributed by atoms with Crippen LogP contribution in [0.2, 0.25) is 0 Å². The molecule has 0 aromatic carbocycles. The lowest BCUT2D eigenvalue weighted by Crippen LogP contribution is -2.94. The maximum absolute atomic E-state index is 13.8. The van der Waals surface area contributed by atoms with Crippen LogP contribution in [0, 0.1) is 35.5 Å². The molecule has 11 heteroatoms. The maximum atomic E-state index is 13.8. The highest BCUT2D eigenvalue weighted by atomic mass is 16.7. The number of nitrogens with two attached hydrogens (primary N) is 2. The molecule has 0 aromatic rings. The second-order valence-corrected chi connectivity index (χ2v) is 13.1. The summed E-state index contributed by atoms with van der Waals surface area (Å²) in [6.07, 6.45) is 4.39. The molecular formula is C30H43N2O9+. The van der Waals surface area contributed by atoms with Gasteiger partial charge in [-0.15, -0.1) is 0 Å². The third kappa shape index (κ3) is 4.56. The average molecular weight is 576 g/mol. The van der Waals surface area contributed by atoms with E-state index in [4.69, 9.17) is 15.2 Å². The van der Waals surface area contributed by atoms with Gasteiger partial charge in [-0.2, -0.15) is 0 Å². The molecular weight excluding hydrogens is 532 g/mol. The van der Waals surface area contributed by atoms with Crippen LogP contribution >= 0.6 is 0 Å². The van der Waals surface area contributed by atoms with Gasteiger partial charge in [-0.25, -0.2) is 0 Å². The van der Waals surface area contributed by atoms with Gasteiger partial charge in [-0.1, -0.05) is 30.2 Å². The Hall–Kier alpha value is -1.96. The summed E-state index contributed by atoms with van der Waals surface area (Å²) in [5, 5.41) is 57.9. The lowest BCUT2D eigenvalue weighted by atomic mass is 9.59. The number of carbonyl (C=O) groups excluding carboxylic acids is 2. The molecule has 2 saturated heterocycles. The first-order valence-corrected chi connectivity index (χ1v) is 15.0. The molecule has 0 amide bonds. The largest absolute Gasteiger partial charge is 0.512 e. The zero-order valence-corrected chi connectivity index (χ0v) is 23.3. The zero-order chi connectivity index (χ0) is 29.3. The molecule has 41 heavy (non-hydrogen) atoms. The van der Waals surface area contributed by atoms with Gasteiger partial charge in [0.1, 0.15) is 41.1 Å². The molecule has 0 radical (unpaired) electrons. The average Bonchev–Trinajstić information content (AvgIpc) is 2.94. The van der Waals surface area contributed by atoms with Crippen LogP contribution in [0.15, 0.2) is 35.6 Å². The molecule has 2 heterocycles. The van der Waals surface area contributed by atoms with Crippen molar-refractivity contribution in [3.63, 3.8) is 0 Å². The molecule has 9 N–H and O–H groups in total. The van der Waals surface area contributed by atoms with Gasteiger partial charge >= 0.3 is 0 Å². The smallest absolute Gasteiger partial charge is 0.188 e. The first-order chi connectivity index (χ1) is 19.5. The van der Waals surface area contributed by atoms with Crippen molar-refractivity contribution in [2.24, 2.45) is 41.2 Å². The number of ether oxygens (including phenoxy) is 2. The number of aliphatic hydroxyl groups is 5. The van der Waals surface area contributed by atoms with E-state index in [1.165, 1.54) is 12.2 Å². The number of allylic oxidation sites excluding steroid dienone is 4. The van der Waals surface area contributed by atoms with Crippen LogP contribution in [0.25, 0.3) is 0 Å². The predicted molar refractivity (Wildman–Crippen MR) is 144 cm³/mol. The molecule has 13 unspecified atom stereocenters. The van der Waals surface area contributed by atoms with Crippen molar-refractivity contribution < 1.29 is 49.9 Å². The zero-order valence-electron chi connectivity index (χ0n) is 23.3. The van der Waals surface area contributed by atoms with Crippen molar-refractivity contribution in [1.82, 2.24) is 0 Å². The lowest BCUT2D eigenvalue weighted by Gasteiger charge is -2.58. The van der Waals surface area contributed by atoms with Crippen molar-refractivity contribution >= 4 is 11.6 Å². The number of rotatable bonds is 5. The highest BCUT2D eigenvalue weighted by Gasteiger charge is 2.66. The number of hydrogen-bond donors (Lipinski definition) is 7. The molecule has 4 fully saturated rings. The van der Waals surface area contributed by atoms with E-state index >= 15 is 0 Å². The fourth-order valence-corrected chi connectivity index (χ4v) is 8.51. The van der Waals surface area contributed by atoms with E-state index in [1.807, 2.05) is 0 Å². The quantitative estimate of drug-likeness (QED) is 0.199. The maximum Gasteiger partial charge on any atom is 0.188 e. The van der Waals surface area contributed by atoms with E-state index in [0.717, 1.165) is 25.0 Å². The van der Waals surface area contributed by atoms with E-state index < -0.39 is 72.0 Å². The minimum absolute atomic E-state index is 0.0550. The molecule has 4 aliphatic carbocycles. The van der Waals surface area contributed by atoms with Gasteiger partial charge in [0.25, 0.3) is 0 Å². The number of piperidine rings is 1. The van der Waals surface area contributed by atoms with Gasteiger partial charge in [0.2, 0.25) is 0 Å². The summed E-state index contributed by atoms with van der Waals surface area (Å²) in [5.41, 5.74) is 3.06. The molecule has 2 aliphatic heterocycles. The van der Waals surface area contributed by atoms with Gasteiger partial charge in [0.15, 0.2) is 12.1 Å². The molecule has 226 valence electrons. The van der Waals surface area contributed by atoms with Crippen molar-refractivity contribution in [3.05, 3.63) is 35.6 Å². The van der Waals surface area contributed by atoms with Gasteiger partial charge in [-0.3, -0.25) is 15.3 Å². The molecule has 0 spiro atoms. The summed E-state index contributed by atoms with van der Waals surface area (Å²) >= 11 is 0. The Labute approximate surface area is 239 Å². The summed E-state index contributed by atoms with van der Waals surface area (Å²) in [6.45, 7) is 1.96. The predicted octanol–water partition coefficient (Wildman–Crippen LogP) is -1.05. The van der Waals surface area contributed by atoms with Crippen LogP contribution in [-0.2, 0) is 19.1 Å². The van der Waals surface area contributed by atoms with E-state index in [-0.39, 0.29) is 29.4 Å². The molecule has 2 saturated carbocycles. The normalized spacial score (nSPS) is 49.6. The lowest BCUT2D eigenvalue weighted by molar-refractivity contribution is -0.699. The number of aliphatic hydroxyl groups excluding tert-OH is 4. The van der Waals surface area contributed by atoms with E-state index in [0.29, 0.717) is 25.7 Å². The monoisotopic (exact) mass is 575 g/mol. The second-order valence-electron chi connectivity index (χ2n) is 13.1. The van der Waals surface area contributed by atoms with E-state index in [1.54, 1.807) is 19.1 Å². The van der Waals surface area contributed by atoms with Crippen molar-refractivity contribution in [2.75, 3.05) is 13.2 Å². The van der Waals surface area contributed by atoms with Crippen molar-refractivity contribution in [1.29, 1.82) is 0 Å². The molecule has 13 atom stereocenters. The van der Waals surface area contributed by atoms with Crippen LogP contribution in [0.4, 0.5) is 0 Å². The Bertz CT molecular complexity index is 1170. The van der Waals surface area contributed by atoms with Crippen LogP contribution in [0.3, 0.4) is 0 Å². The highest BCUT2D eigenvalue weighted by molar-refractivity contribution is 6.02. The first-order valence-electron chi connectivity index (χ1n) is 15.0. The molecule has 6 aliphatic rings. The summed E-state index contributed by atoms with van der Waals surface area (Å²) in [7, 11) is 0. The molecule has 11 nitrogen and oxygen atoms in total. The van der Waals surface area contributed by atoms with Crippen LogP contribution in [-0.4, -0.2) is 92.2 Å². The fourth-order valence-electron chi connectivity index (χ4n) is 8.51. The number of ketones is 2. The van der Waals surface area contributed by atoms with Crippen LogP contribution < -0.4 is 11.1 Å². The van der Waals surface area contributed by atoms with Gasteiger partial charge < -0.3 is 40.3 Å². The third-order valence-corrected chi connectivity index (χ3v) is 10.6. The van der Waals surface area contributed by atoms with Gasteiger partial charge in [0, 0.05) is 18.3 Å². The van der Waals surface area contributed by atoms with Gasteiger partial charge in [-0.05, 0) is 44.6 Å². The minimum atomic E-state index is -2.09. The van der Waals surface area contributed by atoms with E-state index in [9.17, 15) is 35.1 Å².